The highest BCUT2D eigenvalue weighted by atomic mass is 19.1. The number of hydrogen-bond donors (Lipinski definition) is 1. The number of Topliss-reactive ketones (excluding diaryl/α,β-unsaturated/α-hetero) is 1. The van der Waals surface area contributed by atoms with Crippen LogP contribution in [0.25, 0.3) is 0 Å². The van der Waals surface area contributed by atoms with E-state index in [1.807, 2.05) is 0 Å². The second-order valence-corrected chi connectivity index (χ2v) is 4.32. The molecule has 1 aromatic rings. The molecule has 1 fully saturated rings. The number of halogens is 1. The molecule has 3 nitrogen and oxygen atoms in total. The van der Waals surface area contributed by atoms with E-state index >= 15 is 0 Å². The van der Waals surface area contributed by atoms with Crippen LogP contribution in [0.5, 0.6) is 0 Å². The van der Waals surface area contributed by atoms with Crippen LogP contribution in [0.15, 0.2) is 18.2 Å². The molecule has 0 saturated carbocycles. The minimum Gasteiger partial charge on any atom is -0.371 e. The standard InChI is InChI=1S/C13H17FN2O/c14-10-3-4-12(16-7-1-2-8-16)11(9-10)13(17)5-6-15/h3-4,9H,1-2,5-8,15H2. The maximum Gasteiger partial charge on any atom is 0.166 e. The minimum absolute atomic E-state index is 0.0751. The highest BCUT2D eigenvalue weighted by molar-refractivity contribution is 6.01. The fourth-order valence-corrected chi connectivity index (χ4v) is 2.23. The average molecular weight is 236 g/mol. The van der Waals surface area contributed by atoms with Crippen LogP contribution < -0.4 is 10.6 Å². The molecule has 1 heterocycles. The molecule has 2 rings (SSSR count). The lowest BCUT2D eigenvalue weighted by molar-refractivity contribution is 0.0985. The van der Waals surface area contributed by atoms with Crippen LogP contribution in [0, 0.1) is 5.82 Å². The van der Waals surface area contributed by atoms with Crippen molar-refractivity contribution in [3.63, 3.8) is 0 Å². The highest BCUT2D eigenvalue weighted by Crippen LogP contribution is 2.26. The van der Waals surface area contributed by atoms with Gasteiger partial charge in [-0.15, -0.1) is 0 Å². The normalized spacial score (nSPS) is 15.3. The van der Waals surface area contributed by atoms with E-state index in [2.05, 4.69) is 4.90 Å². The third-order valence-corrected chi connectivity index (χ3v) is 3.08. The van der Waals surface area contributed by atoms with Gasteiger partial charge in [0.15, 0.2) is 5.78 Å². The summed E-state index contributed by atoms with van der Waals surface area (Å²) in [4.78, 5) is 14.0. The molecular formula is C13H17FN2O. The first kappa shape index (κ1) is 12.0. The van der Waals surface area contributed by atoms with Crippen molar-refractivity contribution in [3.8, 4) is 0 Å². The Morgan fingerprint density at radius 2 is 2.06 bits per heavy atom. The van der Waals surface area contributed by atoms with Gasteiger partial charge in [0.2, 0.25) is 0 Å². The first-order chi connectivity index (χ1) is 8.22. The Balaban J connectivity index is 2.33. The summed E-state index contributed by atoms with van der Waals surface area (Å²) in [6.45, 7) is 2.18. The molecule has 4 heteroatoms. The largest absolute Gasteiger partial charge is 0.371 e. The Bertz CT molecular complexity index is 414. The summed E-state index contributed by atoms with van der Waals surface area (Å²) in [6, 6.07) is 4.43. The van der Waals surface area contributed by atoms with Gasteiger partial charge in [-0.05, 0) is 37.6 Å². The SMILES string of the molecule is NCCC(=O)c1cc(F)ccc1N1CCCC1. The minimum atomic E-state index is -0.367. The van der Waals surface area contributed by atoms with Gasteiger partial charge in [0, 0.05) is 30.8 Å². The Hall–Kier alpha value is -1.42. The van der Waals surface area contributed by atoms with Crippen molar-refractivity contribution >= 4 is 11.5 Å². The topological polar surface area (TPSA) is 46.3 Å². The number of rotatable bonds is 4. The molecule has 0 atom stereocenters. The lowest BCUT2D eigenvalue weighted by atomic mass is 10.0. The monoisotopic (exact) mass is 236 g/mol. The van der Waals surface area contributed by atoms with E-state index in [9.17, 15) is 9.18 Å². The summed E-state index contributed by atoms with van der Waals surface area (Å²) in [6.07, 6.45) is 2.52. The molecule has 1 aliphatic heterocycles. The zero-order valence-corrected chi connectivity index (χ0v) is 9.79. The second-order valence-electron chi connectivity index (χ2n) is 4.32. The van der Waals surface area contributed by atoms with Gasteiger partial charge in [-0.1, -0.05) is 0 Å². The Morgan fingerprint density at radius 1 is 1.35 bits per heavy atom. The lowest BCUT2D eigenvalue weighted by Crippen LogP contribution is -2.21. The summed E-state index contributed by atoms with van der Waals surface area (Å²) in [5.74, 6) is -0.442. The van der Waals surface area contributed by atoms with Crippen LogP contribution in [0.4, 0.5) is 10.1 Å². The van der Waals surface area contributed by atoms with Crippen molar-refractivity contribution in [1.29, 1.82) is 0 Å². The van der Waals surface area contributed by atoms with E-state index in [0.29, 0.717) is 12.1 Å². The number of carbonyl (C=O) groups excluding carboxylic acids is 1. The number of benzene rings is 1. The quantitative estimate of drug-likeness (QED) is 0.813. The van der Waals surface area contributed by atoms with Crippen molar-refractivity contribution in [2.45, 2.75) is 19.3 Å². The second kappa shape index (κ2) is 5.27. The van der Waals surface area contributed by atoms with E-state index < -0.39 is 0 Å². The van der Waals surface area contributed by atoms with E-state index in [1.165, 1.54) is 12.1 Å². The van der Waals surface area contributed by atoms with Crippen molar-refractivity contribution in [2.75, 3.05) is 24.5 Å². The molecule has 92 valence electrons. The van der Waals surface area contributed by atoms with Gasteiger partial charge in [0.25, 0.3) is 0 Å². The summed E-state index contributed by atoms with van der Waals surface area (Å²) in [5, 5.41) is 0. The Morgan fingerprint density at radius 3 is 2.71 bits per heavy atom. The fourth-order valence-electron chi connectivity index (χ4n) is 2.23. The van der Waals surface area contributed by atoms with Crippen molar-refractivity contribution < 1.29 is 9.18 Å². The zero-order valence-electron chi connectivity index (χ0n) is 9.79. The maximum absolute atomic E-state index is 13.2. The Labute approximate surface area is 100 Å². The summed E-state index contributed by atoms with van der Waals surface area (Å²) >= 11 is 0. The van der Waals surface area contributed by atoms with Crippen LogP contribution in [-0.2, 0) is 0 Å². The highest BCUT2D eigenvalue weighted by Gasteiger charge is 2.19. The molecule has 0 radical (unpaired) electrons. The first-order valence-corrected chi connectivity index (χ1v) is 6.00. The molecular weight excluding hydrogens is 219 g/mol. The third-order valence-electron chi connectivity index (χ3n) is 3.08. The smallest absolute Gasteiger partial charge is 0.166 e. The van der Waals surface area contributed by atoms with E-state index in [0.717, 1.165) is 31.6 Å². The van der Waals surface area contributed by atoms with Gasteiger partial charge < -0.3 is 10.6 Å². The number of anilines is 1. The van der Waals surface area contributed by atoms with Crippen molar-refractivity contribution in [2.24, 2.45) is 5.73 Å². The molecule has 0 unspecified atom stereocenters. The maximum atomic E-state index is 13.2. The molecule has 2 N–H and O–H groups in total. The van der Waals surface area contributed by atoms with Gasteiger partial charge in [-0.25, -0.2) is 4.39 Å². The van der Waals surface area contributed by atoms with Crippen LogP contribution in [0.3, 0.4) is 0 Å². The van der Waals surface area contributed by atoms with Crippen LogP contribution in [-0.4, -0.2) is 25.4 Å². The van der Waals surface area contributed by atoms with E-state index in [-0.39, 0.29) is 18.0 Å². The molecule has 17 heavy (non-hydrogen) atoms. The van der Waals surface area contributed by atoms with Gasteiger partial charge in [-0.2, -0.15) is 0 Å². The molecule has 0 spiro atoms. The van der Waals surface area contributed by atoms with Crippen molar-refractivity contribution in [1.82, 2.24) is 0 Å². The molecule has 0 aromatic heterocycles. The van der Waals surface area contributed by atoms with Crippen LogP contribution in [0.2, 0.25) is 0 Å². The summed E-state index contributed by atoms with van der Waals surface area (Å²) in [5.41, 5.74) is 6.70. The first-order valence-electron chi connectivity index (χ1n) is 6.00. The number of hydrogen-bond acceptors (Lipinski definition) is 3. The fraction of sp³-hybridized carbons (Fsp3) is 0.462. The zero-order chi connectivity index (χ0) is 12.3. The number of carbonyl (C=O) groups is 1. The van der Waals surface area contributed by atoms with Gasteiger partial charge in [0.05, 0.1) is 0 Å². The Kier molecular flexibility index (Phi) is 3.74. The molecule has 1 saturated heterocycles. The predicted octanol–water partition coefficient (Wildman–Crippen LogP) is 1.96. The molecule has 0 aliphatic carbocycles. The average Bonchev–Trinajstić information content (AvgIpc) is 2.82. The van der Waals surface area contributed by atoms with E-state index in [1.54, 1.807) is 6.07 Å². The van der Waals surface area contributed by atoms with Gasteiger partial charge in [0.1, 0.15) is 5.82 Å². The summed E-state index contributed by atoms with van der Waals surface area (Å²) in [7, 11) is 0. The number of nitrogens with zero attached hydrogens (tertiary/aromatic N) is 1. The summed E-state index contributed by atoms with van der Waals surface area (Å²) < 4.78 is 13.2. The molecule has 0 amide bonds. The third kappa shape index (κ3) is 2.64. The van der Waals surface area contributed by atoms with Gasteiger partial charge in [-0.3, -0.25) is 4.79 Å². The molecule has 1 aromatic carbocycles. The molecule has 1 aliphatic rings. The number of nitrogens with two attached hydrogens (primary N) is 1. The van der Waals surface area contributed by atoms with Crippen LogP contribution in [0.1, 0.15) is 29.6 Å². The van der Waals surface area contributed by atoms with E-state index in [4.69, 9.17) is 5.73 Å². The number of ketones is 1. The lowest BCUT2D eigenvalue weighted by Gasteiger charge is -2.20. The molecule has 0 bridgehead atoms. The predicted molar refractivity (Wildman–Crippen MR) is 65.8 cm³/mol. The van der Waals surface area contributed by atoms with Gasteiger partial charge >= 0.3 is 0 Å². The van der Waals surface area contributed by atoms with Crippen LogP contribution >= 0.6 is 0 Å². The van der Waals surface area contributed by atoms with Crippen molar-refractivity contribution in [3.05, 3.63) is 29.6 Å².